The van der Waals surface area contributed by atoms with Crippen LogP contribution in [-0.4, -0.2) is 47.4 Å². The van der Waals surface area contributed by atoms with Gasteiger partial charge in [-0.2, -0.15) is 0 Å². The van der Waals surface area contributed by atoms with Crippen molar-refractivity contribution in [1.82, 2.24) is 5.32 Å². The van der Waals surface area contributed by atoms with Crippen LogP contribution in [0.3, 0.4) is 0 Å². The van der Waals surface area contributed by atoms with E-state index in [0.717, 1.165) is 12.3 Å². The Morgan fingerprint density at radius 2 is 1.91 bits per heavy atom. The van der Waals surface area contributed by atoms with Crippen LogP contribution in [0.4, 0.5) is 18.9 Å². The van der Waals surface area contributed by atoms with Crippen molar-refractivity contribution in [3.05, 3.63) is 29.6 Å². The summed E-state index contributed by atoms with van der Waals surface area (Å²) >= 11 is 0. The summed E-state index contributed by atoms with van der Waals surface area (Å²) in [5.41, 5.74) is -0.656. The van der Waals surface area contributed by atoms with E-state index in [-0.39, 0.29) is 19.6 Å². The highest BCUT2D eigenvalue weighted by atomic mass is 32.2. The quantitative estimate of drug-likeness (QED) is 0.559. The zero-order valence-corrected chi connectivity index (χ0v) is 13.4. The number of hydrogen-bond donors (Lipinski definition) is 1. The molecule has 0 aliphatic carbocycles. The lowest BCUT2D eigenvalue weighted by Gasteiger charge is -2.22. The van der Waals surface area contributed by atoms with Crippen molar-refractivity contribution in [3.63, 3.8) is 0 Å². The molecule has 0 saturated heterocycles. The van der Waals surface area contributed by atoms with Crippen molar-refractivity contribution in [3.8, 4) is 0 Å². The van der Waals surface area contributed by atoms with Crippen molar-refractivity contribution in [2.24, 2.45) is 0 Å². The van der Waals surface area contributed by atoms with Crippen LogP contribution in [0, 0.1) is 17.5 Å². The number of sulfonamides is 1. The first-order valence-electron chi connectivity index (χ1n) is 6.55. The molecular weight excluding hydrogens is 337 g/mol. The Kier molecular flexibility index (Phi) is 6.82. The fourth-order valence-electron chi connectivity index (χ4n) is 1.76. The van der Waals surface area contributed by atoms with Crippen molar-refractivity contribution < 1.29 is 31.1 Å². The van der Waals surface area contributed by atoms with E-state index in [1.165, 1.54) is 7.11 Å². The summed E-state index contributed by atoms with van der Waals surface area (Å²) in [5, 5.41) is 2.46. The molecular formula is C13H17F3N2O4S. The average Bonchev–Trinajstić information content (AvgIpc) is 2.46. The summed E-state index contributed by atoms with van der Waals surface area (Å²) in [5.74, 6) is -5.33. The highest BCUT2D eigenvalue weighted by Gasteiger charge is 2.25. The Balaban J connectivity index is 2.92. The molecule has 0 aliphatic heterocycles. The predicted molar refractivity (Wildman–Crippen MR) is 78.0 cm³/mol. The van der Waals surface area contributed by atoms with Crippen molar-refractivity contribution in [2.75, 3.05) is 37.4 Å². The van der Waals surface area contributed by atoms with E-state index < -0.39 is 45.6 Å². The van der Waals surface area contributed by atoms with Gasteiger partial charge in [-0.1, -0.05) is 0 Å². The molecule has 10 heteroatoms. The number of carbonyl (C=O) groups is 1. The highest BCUT2D eigenvalue weighted by molar-refractivity contribution is 7.92. The van der Waals surface area contributed by atoms with E-state index in [0.29, 0.717) is 10.4 Å². The van der Waals surface area contributed by atoms with Crippen LogP contribution in [-0.2, 0) is 19.6 Å². The third kappa shape index (κ3) is 5.39. The van der Waals surface area contributed by atoms with Gasteiger partial charge in [0.1, 0.15) is 0 Å². The number of nitrogens with one attached hydrogen (secondary N) is 1. The van der Waals surface area contributed by atoms with E-state index in [2.05, 4.69) is 5.32 Å². The Bertz CT molecular complexity index is 667. The minimum Gasteiger partial charge on any atom is -0.383 e. The van der Waals surface area contributed by atoms with Gasteiger partial charge in [0.25, 0.3) is 0 Å². The molecule has 1 amide bonds. The van der Waals surface area contributed by atoms with Crippen LogP contribution in [0.2, 0.25) is 0 Å². The van der Waals surface area contributed by atoms with Gasteiger partial charge in [0.15, 0.2) is 17.5 Å². The molecule has 0 radical (unpaired) electrons. The van der Waals surface area contributed by atoms with E-state index in [4.69, 9.17) is 4.74 Å². The Hall–Kier alpha value is -1.81. The van der Waals surface area contributed by atoms with Gasteiger partial charge < -0.3 is 10.1 Å². The molecule has 23 heavy (non-hydrogen) atoms. The number of rotatable bonds is 8. The molecule has 0 bridgehead atoms. The second kappa shape index (κ2) is 8.16. The maximum Gasteiger partial charge on any atom is 0.232 e. The highest BCUT2D eigenvalue weighted by Crippen LogP contribution is 2.25. The summed E-state index contributed by atoms with van der Waals surface area (Å²) < 4.78 is 68.7. The molecule has 1 aromatic rings. The van der Waals surface area contributed by atoms with Crippen LogP contribution in [0.1, 0.15) is 6.42 Å². The van der Waals surface area contributed by atoms with E-state index in [9.17, 15) is 26.4 Å². The number of carbonyl (C=O) groups excluding carboxylic acids is 1. The molecule has 0 heterocycles. The number of halogens is 3. The molecule has 1 N–H and O–H groups in total. The van der Waals surface area contributed by atoms with E-state index in [1.54, 1.807) is 0 Å². The second-order valence-corrected chi connectivity index (χ2v) is 6.53. The largest absolute Gasteiger partial charge is 0.383 e. The van der Waals surface area contributed by atoms with Crippen LogP contribution in [0.15, 0.2) is 12.1 Å². The molecule has 0 aromatic heterocycles. The summed E-state index contributed by atoms with van der Waals surface area (Å²) in [6.07, 6.45) is 0.492. The third-order valence-electron chi connectivity index (χ3n) is 2.85. The number of benzene rings is 1. The fourth-order valence-corrected chi connectivity index (χ4v) is 2.68. The van der Waals surface area contributed by atoms with Crippen LogP contribution >= 0.6 is 0 Å². The maximum absolute atomic E-state index is 13.8. The summed E-state index contributed by atoms with van der Waals surface area (Å²) in [6, 6.07) is 1.42. The maximum atomic E-state index is 13.8. The molecule has 0 saturated carbocycles. The van der Waals surface area contributed by atoms with Gasteiger partial charge in [-0.15, -0.1) is 0 Å². The van der Waals surface area contributed by atoms with Gasteiger partial charge in [0.2, 0.25) is 15.9 Å². The lowest BCUT2D eigenvalue weighted by molar-refractivity contribution is -0.121. The lowest BCUT2D eigenvalue weighted by Crippen LogP contribution is -2.36. The molecule has 0 fully saturated rings. The summed E-state index contributed by atoms with van der Waals surface area (Å²) in [4.78, 5) is 11.6. The molecule has 6 nitrogen and oxygen atoms in total. The fraction of sp³-hybridized carbons (Fsp3) is 0.462. The number of methoxy groups -OCH3 is 1. The Morgan fingerprint density at radius 1 is 1.26 bits per heavy atom. The first kappa shape index (κ1) is 19.2. The number of anilines is 1. The minimum atomic E-state index is -3.99. The molecule has 130 valence electrons. The van der Waals surface area contributed by atoms with Crippen molar-refractivity contribution in [2.45, 2.75) is 6.42 Å². The molecule has 1 aromatic carbocycles. The normalized spacial score (nSPS) is 11.3. The summed E-state index contributed by atoms with van der Waals surface area (Å²) in [6.45, 7) is 0.0900. The molecule has 0 unspecified atom stereocenters. The number of hydrogen-bond acceptors (Lipinski definition) is 4. The average molecular weight is 354 g/mol. The van der Waals surface area contributed by atoms with Crippen LogP contribution in [0.25, 0.3) is 0 Å². The standard InChI is InChI=1S/C13H17F3N2O4S/c1-22-8-6-17-11(19)5-7-18(23(2,20)21)10-4-3-9(14)12(15)13(10)16/h3-4H,5-8H2,1-2H3,(H,17,19). The van der Waals surface area contributed by atoms with Crippen LogP contribution in [0.5, 0.6) is 0 Å². The van der Waals surface area contributed by atoms with Crippen LogP contribution < -0.4 is 9.62 Å². The van der Waals surface area contributed by atoms with Gasteiger partial charge in [0, 0.05) is 26.6 Å². The third-order valence-corrected chi connectivity index (χ3v) is 4.03. The SMILES string of the molecule is COCCNC(=O)CCN(c1ccc(F)c(F)c1F)S(C)(=O)=O. The molecule has 0 atom stereocenters. The van der Waals surface area contributed by atoms with Gasteiger partial charge in [0.05, 0.1) is 18.6 Å². The lowest BCUT2D eigenvalue weighted by atomic mass is 10.2. The van der Waals surface area contributed by atoms with E-state index in [1.807, 2.05) is 0 Å². The number of nitrogens with zero attached hydrogens (tertiary/aromatic N) is 1. The van der Waals surface area contributed by atoms with Gasteiger partial charge in [-0.25, -0.2) is 21.6 Å². The van der Waals surface area contributed by atoms with Gasteiger partial charge in [-0.05, 0) is 12.1 Å². The smallest absolute Gasteiger partial charge is 0.232 e. The molecule has 0 aliphatic rings. The topological polar surface area (TPSA) is 75.7 Å². The minimum absolute atomic E-state index is 0.230. The van der Waals surface area contributed by atoms with Gasteiger partial charge in [-0.3, -0.25) is 9.10 Å². The van der Waals surface area contributed by atoms with Crippen molar-refractivity contribution in [1.29, 1.82) is 0 Å². The number of ether oxygens (including phenoxy) is 1. The monoisotopic (exact) mass is 354 g/mol. The predicted octanol–water partition coefficient (Wildman–Crippen LogP) is 1.02. The second-order valence-electron chi connectivity index (χ2n) is 4.62. The molecule has 1 rings (SSSR count). The molecule has 0 spiro atoms. The Morgan fingerprint density at radius 3 is 2.48 bits per heavy atom. The first-order valence-corrected chi connectivity index (χ1v) is 8.40. The summed E-state index contributed by atoms with van der Waals surface area (Å²) in [7, 11) is -2.54. The van der Waals surface area contributed by atoms with Gasteiger partial charge >= 0.3 is 0 Å². The number of amides is 1. The zero-order valence-electron chi connectivity index (χ0n) is 12.6. The Labute approximate surface area is 132 Å². The van der Waals surface area contributed by atoms with E-state index >= 15 is 0 Å². The zero-order chi connectivity index (χ0) is 17.6. The van der Waals surface area contributed by atoms with Crippen molar-refractivity contribution >= 4 is 21.6 Å². The first-order chi connectivity index (χ1) is 10.7.